The smallest absolute Gasteiger partial charge is 0.261 e. The predicted octanol–water partition coefficient (Wildman–Crippen LogP) is 4.98. The second-order valence-corrected chi connectivity index (χ2v) is 8.03. The van der Waals surface area contributed by atoms with Crippen molar-refractivity contribution < 1.29 is 18.7 Å². The number of ether oxygens (including phenoxy) is 2. The molecular weight excluding hydrogens is 416 g/mol. The van der Waals surface area contributed by atoms with Gasteiger partial charge in [0, 0.05) is 18.0 Å². The Bertz CT molecular complexity index is 1070. The fraction of sp³-hybridized carbons (Fsp3) is 0.333. The van der Waals surface area contributed by atoms with E-state index in [9.17, 15) is 4.79 Å². The summed E-state index contributed by atoms with van der Waals surface area (Å²) in [6.45, 7) is 2.56. The molecule has 0 N–H and O–H groups in total. The molecule has 0 bridgehead atoms. The van der Waals surface area contributed by atoms with Gasteiger partial charge in [0.25, 0.3) is 5.91 Å². The Kier molecular flexibility index (Phi) is 6.47. The highest BCUT2D eigenvalue weighted by Crippen LogP contribution is 2.33. The highest BCUT2D eigenvalue weighted by atomic mass is 35.5. The summed E-state index contributed by atoms with van der Waals surface area (Å²) < 4.78 is 17.1. The zero-order valence-corrected chi connectivity index (χ0v) is 18.4. The van der Waals surface area contributed by atoms with Gasteiger partial charge >= 0.3 is 0 Å². The number of oxazole rings is 1. The molecule has 0 radical (unpaired) electrons. The Hall–Kier alpha value is -2.99. The van der Waals surface area contributed by atoms with E-state index < -0.39 is 0 Å². The topological polar surface area (TPSA) is 64.8 Å². The number of aryl methyl sites for hydroxylation is 1. The van der Waals surface area contributed by atoms with Crippen molar-refractivity contribution in [3.05, 3.63) is 76.5 Å². The summed E-state index contributed by atoms with van der Waals surface area (Å²) in [4.78, 5) is 19.1. The molecule has 31 heavy (non-hydrogen) atoms. The molecule has 1 amide bonds. The molecule has 0 saturated carbocycles. The lowest BCUT2D eigenvalue weighted by Crippen LogP contribution is -2.34. The number of benzene rings is 2. The number of likely N-dealkylation sites (tertiary alicyclic amines) is 1. The quantitative estimate of drug-likeness (QED) is 0.518. The van der Waals surface area contributed by atoms with Crippen molar-refractivity contribution in [2.24, 2.45) is 0 Å². The lowest BCUT2D eigenvalue weighted by molar-refractivity contribution is -0.134. The third kappa shape index (κ3) is 4.85. The number of hydrogen-bond donors (Lipinski definition) is 0. The molecule has 1 atom stereocenters. The van der Waals surface area contributed by atoms with E-state index >= 15 is 0 Å². The summed E-state index contributed by atoms with van der Waals surface area (Å²) in [6, 6.07) is 13.1. The Morgan fingerprint density at radius 1 is 1.26 bits per heavy atom. The molecule has 4 rings (SSSR count). The van der Waals surface area contributed by atoms with Gasteiger partial charge in [-0.1, -0.05) is 35.9 Å². The first-order chi connectivity index (χ1) is 15.0. The molecule has 6 nitrogen and oxygen atoms in total. The van der Waals surface area contributed by atoms with Gasteiger partial charge in [-0.25, -0.2) is 4.98 Å². The molecule has 0 aliphatic carbocycles. The lowest BCUT2D eigenvalue weighted by atomic mass is 10.1. The van der Waals surface area contributed by atoms with Crippen LogP contribution in [0.4, 0.5) is 0 Å². The van der Waals surface area contributed by atoms with E-state index in [2.05, 4.69) is 4.98 Å². The molecular formula is C24H25ClN2O4. The predicted molar refractivity (Wildman–Crippen MR) is 118 cm³/mol. The van der Waals surface area contributed by atoms with Crippen molar-refractivity contribution in [2.75, 3.05) is 20.3 Å². The molecule has 162 valence electrons. The van der Waals surface area contributed by atoms with Crippen LogP contribution in [0.25, 0.3) is 0 Å². The molecule has 1 aliphatic heterocycles. The zero-order valence-electron chi connectivity index (χ0n) is 17.6. The van der Waals surface area contributed by atoms with E-state index in [0.717, 1.165) is 29.7 Å². The average Bonchev–Trinajstić information content (AvgIpc) is 3.43. The third-order valence-corrected chi connectivity index (χ3v) is 5.79. The molecule has 0 unspecified atom stereocenters. The summed E-state index contributed by atoms with van der Waals surface area (Å²) in [5.41, 5.74) is 2.04. The molecule has 3 aromatic rings. The minimum absolute atomic E-state index is 0.0664. The van der Waals surface area contributed by atoms with Crippen LogP contribution in [0, 0.1) is 6.92 Å². The zero-order chi connectivity index (χ0) is 21.8. The Labute approximate surface area is 186 Å². The van der Waals surface area contributed by atoms with Gasteiger partial charge in [-0.15, -0.1) is 0 Å². The molecule has 7 heteroatoms. The number of carbonyl (C=O) groups is 1. The van der Waals surface area contributed by atoms with E-state index in [1.54, 1.807) is 18.2 Å². The Morgan fingerprint density at radius 3 is 2.90 bits per heavy atom. The van der Waals surface area contributed by atoms with Crippen molar-refractivity contribution in [2.45, 2.75) is 32.2 Å². The van der Waals surface area contributed by atoms with Crippen molar-refractivity contribution in [1.29, 1.82) is 0 Å². The van der Waals surface area contributed by atoms with Crippen LogP contribution in [0.5, 0.6) is 11.5 Å². The standard InChI is InChI=1S/C24H25ClN2O4/c1-16-9-10-21(22(12-16)29-2)30-15-23(28)27-11-5-8-20(27)24-26-14-18(31-24)13-17-6-3-4-7-19(17)25/h3-4,6-7,9-10,12,14,20H,5,8,11,13,15H2,1-2H3/t20-/m0/s1. The summed E-state index contributed by atoms with van der Waals surface area (Å²) in [5.74, 6) is 2.35. The number of rotatable bonds is 7. The van der Waals surface area contributed by atoms with Crippen LogP contribution in [0.3, 0.4) is 0 Å². The van der Waals surface area contributed by atoms with Crippen LogP contribution < -0.4 is 9.47 Å². The van der Waals surface area contributed by atoms with Crippen molar-refractivity contribution in [3.63, 3.8) is 0 Å². The van der Waals surface area contributed by atoms with Crippen molar-refractivity contribution >= 4 is 17.5 Å². The second-order valence-electron chi connectivity index (χ2n) is 7.62. The fourth-order valence-electron chi connectivity index (χ4n) is 3.83. The van der Waals surface area contributed by atoms with Gasteiger partial charge in [0.1, 0.15) is 11.8 Å². The average molecular weight is 441 g/mol. The van der Waals surface area contributed by atoms with Gasteiger partial charge in [0.15, 0.2) is 18.1 Å². The molecule has 2 aromatic carbocycles. The van der Waals surface area contributed by atoms with Crippen molar-refractivity contribution in [1.82, 2.24) is 9.88 Å². The normalized spacial score (nSPS) is 15.8. The first kappa shape index (κ1) is 21.2. The highest BCUT2D eigenvalue weighted by Gasteiger charge is 2.33. The van der Waals surface area contributed by atoms with E-state index in [1.165, 1.54) is 0 Å². The molecule has 1 aliphatic rings. The van der Waals surface area contributed by atoms with Gasteiger partial charge in [-0.05, 0) is 49.1 Å². The third-order valence-electron chi connectivity index (χ3n) is 5.42. The summed E-state index contributed by atoms with van der Waals surface area (Å²) >= 11 is 6.25. The molecule has 1 aromatic heterocycles. The number of hydrogen-bond acceptors (Lipinski definition) is 5. The van der Waals surface area contributed by atoms with Gasteiger partial charge < -0.3 is 18.8 Å². The van der Waals surface area contributed by atoms with Crippen LogP contribution in [0.2, 0.25) is 5.02 Å². The monoisotopic (exact) mass is 440 g/mol. The highest BCUT2D eigenvalue weighted by molar-refractivity contribution is 6.31. The minimum Gasteiger partial charge on any atom is -0.493 e. The number of aromatic nitrogens is 1. The fourth-order valence-corrected chi connectivity index (χ4v) is 4.03. The minimum atomic E-state index is -0.184. The van der Waals surface area contributed by atoms with Crippen LogP contribution in [-0.4, -0.2) is 36.1 Å². The van der Waals surface area contributed by atoms with Crippen molar-refractivity contribution in [3.8, 4) is 11.5 Å². The maximum Gasteiger partial charge on any atom is 0.261 e. The Morgan fingerprint density at radius 2 is 2.10 bits per heavy atom. The number of carbonyl (C=O) groups excluding carboxylic acids is 1. The maximum absolute atomic E-state index is 12.9. The molecule has 2 heterocycles. The van der Waals surface area contributed by atoms with E-state index in [0.29, 0.717) is 35.4 Å². The number of nitrogens with zero attached hydrogens (tertiary/aromatic N) is 2. The maximum atomic E-state index is 12.9. The van der Waals surface area contributed by atoms with E-state index in [1.807, 2.05) is 49.4 Å². The van der Waals surface area contributed by atoms with Gasteiger partial charge in [-0.2, -0.15) is 0 Å². The largest absolute Gasteiger partial charge is 0.493 e. The van der Waals surface area contributed by atoms with E-state index in [4.69, 9.17) is 25.5 Å². The summed E-state index contributed by atoms with van der Waals surface area (Å²) in [6.07, 6.45) is 3.98. The SMILES string of the molecule is COc1cc(C)ccc1OCC(=O)N1CCC[C@H]1c1ncc(Cc2ccccc2Cl)o1. The van der Waals surface area contributed by atoms with Crippen LogP contribution >= 0.6 is 11.6 Å². The number of amides is 1. The van der Waals surface area contributed by atoms with Crippen LogP contribution in [-0.2, 0) is 11.2 Å². The number of halogens is 1. The van der Waals surface area contributed by atoms with Gasteiger partial charge in [0.2, 0.25) is 5.89 Å². The van der Waals surface area contributed by atoms with E-state index in [-0.39, 0.29) is 18.6 Å². The summed E-state index contributed by atoms with van der Waals surface area (Å²) in [5, 5.41) is 0.696. The number of methoxy groups -OCH3 is 1. The first-order valence-corrected chi connectivity index (χ1v) is 10.7. The van der Waals surface area contributed by atoms with Gasteiger partial charge in [0.05, 0.1) is 13.3 Å². The summed E-state index contributed by atoms with van der Waals surface area (Å²) in [7, 11) is 1.59. The second kappa shape index (κ2) is 9.43. The van der Waals surface area contributed by atoms with Crippen LogP contribution in [0.1, 0.15) is 41.7 Å². The molecule has 1 fully saturated rings. The first-order valence-electron chi connectivity index (χ1n) is 10.3. The molecule has 1 saturated heterocycles. The lowest BCUT2D eigenvalue weighted by Gasteiger charge is -2.22. The van der Waals surface area contributed by atoms with Gasteiger partial charge in [-0.3, -0.25) is 4.79 Å². The van der Waals surface area contributed by atoms with Crippen LogP contribution in [0.15, 0.2) is 53.1 Å². The Balaban J connectivity index is 1.41. The molecule has 0 spiro atoms.